The van der Waals surface area contributed by atoms with Crippen LogP contribution in [0, 0.1) is 0 Å². The van der Waals surface area contributed by atoms with Crippen LogP contribution in [0.3, 0.4) is 0 Å². The van der Waals surface area contributed by atoms with Gasteiger partial charge in [0.1, 0.15) is 0 Å². The summed E-state index contributed by atoms with van der Waals surface area (Å²) < 4.78 is 0. The second-order valence-electron chi connectivity index (χ2n) is 4.93. The Morgan fingerprint density at radius 3 is 1.00 bits per heavy atom. The summed E-state index contributed by atoms with van der Waals surface area (Å²) in [4.78, 5) is 0. The summed E-state index contributed by atoms with van der Waals surface area (Å²) >= 11 is 0. The van der Waals surface area contributed by atoms with E-state index < -0.39 is 0 Å². The van der Waals surface area contributed by atoms with Crippen LogP contribution in [0.4, 0.5) is 0 Å². The van der Waals surface area contributed by atoms with Crippen molar-refractivity contribution in [3.63, 3.8) is 0 Å². The molecule has 0 radical (unpaired) electrons. The molecule has 3 unspecified atom stereocenters. The molecule has 0 aromatic rings. The van der Waals surface area contributed by atoms with Gasteiger partial charge in [0, 0.05) is 5.16 Å². The SMILES string of the molecule is CCC(P)(CC)C(C)(P)C(P)(CC)CC. The molecule has 0 aliphatic heterocycles. The third-order valence-electron chi connectivity index (χ3n) is 4.59. The minimum atomic E-state index is 0.252. The highest BCUT2D eigenvalue weighted by molar-refractivity contribution is 7.28. The molecule has 0 fully saturated rings. The van der Waals surface area contributed by atoms with Gasteiger partial charge in [-0.05, 0) is 36.0 Å². The van der Waals surface area contributed by atoms with Crippen LogP contribution in [0.2, 0.25) is 0 Å². The maximum atomic E-state index is 3.14. The lowest BCUT2D eigenvalue weighted by atomic mass is 9.75. The highest BCUT2D eigenvalue weighted by Gasteiger charge is 2.49. The van der Waals surface area contributed by atoms with E-state index in [1.165, 1.54) is 25.7 Å². The summed E-state index contributed by atoms with van der Waals surface area (Å²) in [5, 5.41) is 0.902. The average molecular weight is 266 g/mol. The summed E-state index contributed by atoms with van der Waals surface area (Å²) in [7, 11) is 9.39. The summed E-state index contributed by atoms with van der Waals surface area (Å²) in [6, 6.07) is 0. The van der Waals surface area contributed by atoms with Gasteiger partial charge >= 0.3 is 0 Å². The van der Waals surface area contributed by atoms with Crippen molar-refractivity contribution >= 4 is 27.7 Å². The lowest BCUT2D eigenvalue weighted by Crippen LogP contribution is -2.55. The molecule has 15 heavy (non-hydrogen) atoms. The van der Waals surface area contributed by atoms with E-state index >= 15 is 0 Å². The second-order valence-corrected chi connectivity index (χ2v) is 8.29. The van der Waals surface area contributed by atoms with E-state index in [1.54, 1.807) is 0 Å². The van der Waals surface area contributed by atoms with Crippen LogP contribution in [-0.4, -0.2) is 15.5 Å². The van der Waals surface area contributed by atoms with E-state index in [0.717, 1.165) is 0 Å². The van der Waals surface area contributed by atoms with Gasteiger partial charge in [-0.3, -0.25) is 0 Å². The van der Waals surface area contributed by atoms with Crippen LogP contribution in [0.25, 0.3) is 0 Å². The van der Waals surface area contributed by atoms with Gasteiger partial charge in [0.05, 0.1) is 0 Å². The van der Waals surface area contributed by atoms with Crippen molar-refractivity contribution in [3.05, 3.63) is 0 Å². The van der Waals surface area contributed by atoms with Crippen molar-refractivity contribution in [1.82, 2.24) is 0 Å². The highest BCUT2D eigenvalue weighted by Crippen LogP contribution is 2.55. The maximum absolute atomic E-state index is 3.14. The van der Waals surface area contributed by atoms with Gasteiger partial charge in [-0.15, -0.1) is 27.7 Å². The Morgan fingerprint density at radius 1 is 0.667 bits per heavy atom. The second kappa shape index (κ2) is 5.76. The van der Waals surface area contributed by atoms with Crippen LogP contribution in [-0.2, 0) is 0 Å². The van der Waals surface area contributed by atoms with E-state index in [4.69, 9.17) is 0 Å². The zero-order chi connectivity index (χ0) is 12.3. The predicted molar refractivity (Wildman–Crippen MR) is 84.2 cm³/mol. The molecule has 0 bridgehead atoms. The molecule has 0 nitrogen and oxygen atoms in total. The Hall–Kier alpha value is 1.29. The normalized spacial score (nSPS) is 14.4. The van der Waals surface area contributed by atoms with Gasteiger partial charge < -0.3 is 0 Å². The summed E-state index contributed by atoms with van der Waals surface area (Å²) in [5.41, 5.74) is 0. The molecule has 0 rings (SSSR count). The lowest BCUT2D eigenvalue weighted by molar-refractivity contribution is 0.317. The fourth-order valence-electron chi connectivity index (χ4n) is 2.46. The standard InChI is InChI=1S/C12H29P3/c1-6-11(14,7-2)10(5,13)12(15,8-3)9-4/h6-9,13-15H2,1-5H3. The number of rotatable bonds is 6. The van der Waals surface area contributed by atoms with Crippen LogP contribution in [0.15, 0.2) is 0 Å². The highest BCUT2D eigenvalue weighted by atomic mass is 31.0. The van der Waals surface area contributed by atoms with Crippen molar-refractivity contribution in [2.45, 2.75) is 75.8 Å². The average Bonchev–Trinajstić information content (AvgIpc) is 2.26. The van der Waals surface area contributed by atoms with Crippen LogP contribution in [0.5, 0.6) is 0 Å². The molecule has 0 amide bonds. The quantitative estimate of drug-likeness (QED) is 0.621. The van der Waals surface area contributed by atoms with E-state index in [9.17, 15) is 0 Å². The molecule has 0 heterocycles. The predicted octanol–water partition coefficient (Wildman–Crippen LogP) is 4.49. The molecule has 3 atom stereocenters. The molecule has 0 N–H and O–H groups in total. The summed E-state index contributed by atoms with van der Waals surface area (Å²) in [6.07, 6.45) is 4.85. The zero-order valence-corrected chi connectivity index (χ0v) is 14.5. The Balaban J connectivity index is 5.25. The number of hydrogen-bond acceptors (Lipinski definition) is 0. The van der Waals surface area contributed by atoms with Gasteiger partial charge in [-0.1, -0.05) is 34.6 Å². The first-order valence-electron chi connectivity index (χ1n) is 6.11. The van der Waals surface area contributed by atoms with E-state index in [-0.39, 0.29) is 5.16 Å². The smallest absolute Gasteiger partial charge is 0.000193 e. The molecule has 0 aliphatic rings. The Bertz CT molecular complexity index is 171. The monoisotopic (exact) mass is 266 g/mol. The molecular formula is C12H29P3. The van der Waals surface area contributed by atoms with Crippen molar-refractivity contribution < 1.29 is 0 Å². The molecule has 0 saturated heterocycles. The van der Waals surface area contributed by atoms with Crippen LogP contribution < -0.4 is 0 Å². The minimum absolute atomic E-state index is 0.252. The van der Waals surface area contributed by atoms with Gasteiger partial charge in [0.15, 0.2) is 0 Å². The summed E-state index contributed by atoms with van der Waals surface area (Å²) in [6.45, 7) is 11.6. The van der Waals surface area contributed by atoms with Crippen molar-refractivity contribution in [3.8, 4) is 0 Å². The van der Waals surface area contributed by atoms with Crippen LogP contribution >= 0.6 is 27.7 Å². The molecule has 0 aromatic heterocycles. The van der Waals surface area contributed by atoms with Crippen molar-refractivity contribution in [2.75, 3.05) is 0 Å². The zero-order valence-electron chi connectivity index (χ0n) is 11.1. The minimum Gasteiger partial charge on any atom is -0.130 e. The van der Waals surface area contributed by atoms with E-state index in [0.29, 0.717) is 10.3 Å². The molecule has 3 heteroatoms. The third-order valence-corrected chi connectivity index (χ3v) is 9.24. The molecule has 0 saturated carbocycles. The maximum Gasteiger partial charge on any atom is 0.000193 e. The first kappa shape index (κ1) is 16.3. The molecule has 0 spiro atoms. The first-order chi connectivity index (χ1) is 6.74. The van der Waals surface area contributed by atoms with Crippen molar-refractivity contribution in [2.24, 2.45) is 0 Å². The Kier molecular flexibility index (Phi) is 6.25. The fourth-order valence-corrected chi connectivity index (χ4v) is 4.02. The Labute approximate surface area is 104 Å². The summed E-state index contributed by atoms with van der Waals surface area (Å²) in [5.74, 6) is 0. The fraction of sp³-hybridized carbons (Fsp3) is 1.00. The topological polar surface area (TPSA) is 0 Å². The lowest BCUT2D eigenvalue weighted by Gasteiger charge is -2.54. The first-order valence-corrected chi connectivity index (χ1v) is 7.84. The van der Waals surface area contributed by atoms with Gasteiger partial charge in [-0.2, -0.15) is 0 Å². The van der Waals surface area contributed by atoms with Gasteiger partial charge in [0.2, 0.25) is 0 Å². The van der Waals surface area contributed by atoms with Crippen molar-refractivity contribution in [1.29, 1.82) is 0 Å². The van der Waals surface area contributed by atoms with Gasteiger partial charge in [-0.25, -0.2) is 0 Å². The Morgan fingerprint density at radius 2 is 0.867 bits per heavy atom. The van der Waals surface area contributed by atoms with Crippen LogP contribution in [0.1, 0.15) is 60.3 Å². The molecular weight excluding hydrogens is 237 g/mol. The molecule has 92 valence electrons. The van der Waals surface area contributed by atoms with E-state index in [1.807, 2.05) is 0 Å². The molecule has 0 aromatic carbocycles. The number of hydrogen-bond donors (Lipinski definition) is 0. The van der Waals surface area contributed by atoms with Gasteiger partial charge in [0.25, 0.3) is 0 Å². The van der Waals surface area contributed by atoms with E-state index in [2.05, 4.69) is 62.3 Å². The largest absolute Gasteiger partial charge is 0.130 e. The molecule has 0 aliphatic carbocycles. The third kappa shape index (κ3) is 2.76.